The SMILES string of the molecule is Cc1ccc(CCC(=O)Nc2cc(Cl)ccn2)cc1. The number of rotatable bonds is 4. The van der Waals surface area contributed by atoms with Crippen molar-refractivity contribution in [1.82, 2.24) is 4.98 Å². The molecule has 0 radical (unpaired) electrons. The quantitative estimate of drug-likeness (QED) is 0.925. The maximum atomic E-state index is 11.8. The zero-order valence-electron chi connectivity index (χ0n) is 10.7. The number of nitrogens with one attached hydrogen (secondary N) is 1. The van der Waals surface area contributed by atoms with Crippen molar-refractivity contribution in [2.45, 2.75) is 19.8 Å². The van der Waals surface area contributed by atoms with Gasteiger partial charge in [-0.3, -0.25) is 4.79 Å². The molecular weight excluding hydrogens is 260 g/mol. The van der Waals surface area contributed by atoms with Gasteiger partial charge in [-0.1, -0.05) is 41.4 Å². The zero-order valence-corrected chi connectivity index (χ0v) is 11.4. The Bertz CT molecular complexity index is 567. The molecule has 0 saturated heterocycles. The van der Waals surface area contributed by atoms with Gasteiger partial charge < -0.3 is 5.32 Å². The maximum Gasteiger partial charge on any atom is 0.225 e. The summed E-state index contributed by atoms with van der Waals surface area (Å²) in [5, 5.41) is 3.29. The molecule has 1 aromatic heterocycles. The summed E-state index contributed by atoms with van der Waals surface area (Å²) in [7, 11) is 0. The van der Waals surface area contributed by atoms with Gasteiger partial charge in [-0.15, -0.1) is 0 Å². The van der Waals surface area contributed by atoms with E-state index in [-0.39, 0.29) is 5.91 Å². The molecular formula is C15H15ClN2O. The lowest BCUT2D eigenvalue weighted by Gasteiger charge is -2.05. The molecule has 0 bridgehead atoms. The lowest BCUT2D eigenvalue weighted by Crippen LogP contribution is -2.13. The molecule has 0 aliphatic rings. The van der Waals surface area contributed by atoms with Gasteiger partial charge in [0.05, 0.1) is 0 Å². The molecule has 98 valence electrons. The highest BCUT2D eigenvalue weighted by Gasteiger charge is 2.04. The molecule has 0 aliphatic heterocycles. The summed E-state index contributed by atoms with van der Waals surface area (Å²) in [5.41, 5.74) is 2.37. The van der Waals surface area contributed by atoms with Crippen LogP contribution < -0.4 is 5.32 Å². The highest BCUT2D eigenvalue weighted by Crippen LogP contribution is 2.12. The number of aryl methyl sites for hydroxylation is 2. The van der Waals surface area contributed by atoms with E-state index in [2.05, 4.69) is 10.3 Å². The summed E-state index contributed by atoms with van der Waals surface area (Å²) in [4.78, 5) is 15.8. The average Bonchev–Trinajstić information content (AvgIpc) is 2.38. The Kier molecular flexibility index (Phi) is 4.53. The number of hydrogen-bond donors (Lipinski definition) is 1. The lowest BCUT2D eigenvalue weighted by molar-refractivity contribution is -0.116. The molecule has 3 nitrogen and oxygen atoms in total. The first-order valence-electron chi connectivity index (χ1n) is 6.10. The van der Waals surface area contributed by atoms with Gasteiger partial charge in [0.2, 0.25) is 5.91 Å². The van der Waals surface area contributed by atoms with Gasteiger partial charge in [-0.25, -0.2) is 4.98 Å². The van der Waals surface area contributed by atoms with Crippen molar-refractivity contribution in [2.75, 3.05) is 5.32 Å². The average molecular weight is 275 g/mol. The number of benzene rings is 1. The standard InChI is InChI=1S/C15H15ClN2O/c1-11-2-4-12(5-3-11)6-7-15(19)18-14-10-13(16)8-9-17-14/h2-5,8-10H,6-7H2,1H3,(H,17,18,19). The fraction of sp³-hybridized carbons (Fsp3) is 0.200. The molecule has 0 spiro atoms. The Morgan fingerprint density at radius 1 is 1.26 bits per heavy atom. The van der Waals surface area contributed by atoms with Crippen LogP contribution in [0.25, 0.3) is 0 Å². The molecule has 19 heavy (non-hydrogen) atoms. The van der Waals surface area contributed by atoms with E-state index in [0.29, 0.717) is 23.7 Å². The fourth-order valence-electron chi connectivity index (χ4n) is 1.69. The lowest BCUT2D eigenvalue weighted by atomic mass is 10.1. The summed E-state index contributed by atoms with van der Waals surface area (Å²) in [6, 6.07) is 11.5. The van der Waals surface area contributed by atoms with Gasteiger partial charge in [0.15, 0.2) is 0 Å². The van der Waals surface area contributed by atoms with Crippen LogP contribution >= 0.6 is 11.6 Å². The summed E-state index contributed by atoms with van der Waals surface area (Å²) in [6.07, 6.45) is 2.71. The van der Waals surface area contributed by atoms with Gasteiger partial charge in [0.1, 0.15) is 5.82 Å². The Labute approximate surface area is 117 Å². The molecule has 0 saturated carbocycles. The van der Waals surface area contributed by atoms with E-state index in [9.17, 15) is 4.79 Å². The van der Waals surface area contributed by atoms with Crippen LogP contribution in [0.3, 0.4) is 0 Å². The number of aromatic nitrogens is 1. The van der Waals surface area contributed by atoms with Gasteiger partial charge in [-0.05, 0) is 31.0 Å². The van der Waals surface area contributed by atoms with Crippen molar-refractivity contribution >= 4 is 23.3 Å². The Hall–Kier alpha value is -1.87. The Morgan fingerprint density at radius 2 is 2.00 bits per heavy atom. The molecule has 0 aliphatic carbocycles. The zero-order chi connectivity index (χ0) is 13.7. The van der Waals surface area contributed by atoms with Crippen molar-refractivity contribution in [3.8, 4) is 0 Å². The molecule has 2 rings (SSSR count). The third-order valence-electron chi connectivity index (χ3n) is 2.75. The minimum absolute atomic E-state index is 0.0599. The van der Waals surface area contributed by atoms with E-state index >= 15 is 0 Å². The van der Waals surface area contributed by atoms with Crippen molar-refractivity contribution in [3.63, 3.8) is 0 Å². The van der Waals surface area contributed by atoms with E-state index in [4.69, 9.17) is 11.6 Å². The summed E-state index contributed by atoms with van der Waals surface area (Å²) < 4.78 is 0. The van der Waals surface area contributed by atoms with E-state index in [1.165, 1.54) is 5.56 Å². The summed E-state index contributed by atoms with van der Waals surface area (Å²) in [5.74, 6) is 0.428. The van der Waals surface area contributed by atoms with Gasteiger partial charge in [0, 0.05) is 17.6 Å². The number of amides is 1. The molecule has 1 aromatic carbocycles. The van der Waals surface area contributed by atoms with Crippen LogP contribution in [-0.4, -0.2) is 10.9 Å². The number of hydrogen-bond acceptors (Lipinski definition) is 2. The number of pyridine rings is 1. The predicted molar refractivity (Wildman–Crippen MR) is 77.4 cm³/mol. The molecule has 1 amide bonds. The van der Waals surface area contributed by atoms with Gasteiger partial charge >= 0.3 is 0 Å². The number of anilines is 1. The summed E-state index contributed by atoms with van der Waals surface area (Å²) >= 11 is 5.82. The van der Waals surface area contributed by atoms with Crippen molar-refractivity contribution in [2.24, 2.45) is 0 Å². The smallest absolute Gasteiger partial charge is 0.225 e. The monoisotopic (exact) mass is 274 g/mol. The van der Waals surface area contributed by atoms with Crippen LogP contribution in [-0.2, 0) is 11.2 Å². The van der Waals surface area contributed by atoms with Gasteiger partial charge in [-0.2, -0.15) is 0 Å². The van der Waals surface area contributed by atoms with Crippen molar-refractivity contribution in [3.05, 3.63) is 58.7 Å². The number of carbonyl (C=O) groups excluding carboxylic acids is 1. The predicted octanol–water partition coefficient (Wildman–Crippen LogP) is 3.61. The van der Waals surface area contributed by atoms with Crippen LogP contribution in [0.2, 0.25) is 5.02 Å². The Balaban J connectivity index is 1.86. The van der Waals surface area contributed by atoms with Crippen LogP contribution in [0.4, 0.5) is 5.82 Å². The first-order chi connectivity index (χ1) is 9.13. The maximum absolute atomic E-state index is 11.8. The van der Waals surface area contributed by atoms with E-state index < -0.39 is 0 Å². The van der Waals surface area contributed by atoms with E-state index in [0.717, 1.165) is 5.56 Å². The highest BCUT2D eigenvalue weighted by molar-refractivity contribution is 6.30. The fourth-order valence-corrected chi connectivity index (χ4v) is 1.85. The second kappa shape index (κ2) is 6.34. The molecule has 2 aromatic rings. The molecule has 1 N–H and O–H groups in total. The first kappa shape index (κ1) is 13.6. The largest absolute Gasteiger partial charge is 0.311 e. The molecule has 4 heteroatoms. The van der Waals surface area contributed by atoms with Crippen LogP contribution in [0, 0.1) is 6.92 Å². The van der Waals surface area contributed by atoms with Crippen LogP contribution in [0.5, 0.6) is 0 Å². The second-order valence-electron chi connectivity index (χ2n) is 4.39. The molecule has 1 heterocycles. The van der Waals surface area contributed by atoms with Crippen LogP contribution in [0.15, 0.2) is 42.6 Å². The van der Waals surface area contributed by atoms with Gasteiger partial charge in [0.25, 0.3) is 0 Å². The number of carbonyl (C=O) groups is 1. The molecule has 0 unspecified atom stereocenters. The van der Waals surface area contributed by atoms with E-state index in [1.54, 1.807) is 18.3 Å². The Morgan fingerprint density at radius 3 is 2.68 bits per heavy atom. The number of nitrogens with zero attached hydrogens (tertiary/aromatic N) is 1. The third kappa shape index (κ3) is 4.38. The first-order valence-corrected chi connectivity index (χ1v) is 6.48. The summed E-state index contributed by atoms with van der Waals surface area (Å²) in [6.45, 7) is 2.04. The minimum atomic E-state index is -0.0599. The second-order valence-corrected chi connectivity index (χ2v) is 4.83. The third-order valence-corrected chi connectivity index (χ3v) is 2.99. The topological polar surface area (TPSA) is 42.0 Å². The van der Waals surface area contributed by atoms with E-state index in [1.807, 2.05) is 31.2 Å². The van der Waals surface area contributed by atoms with Crippen molar-refractivity contribution in [1.29, 1.82) is 0 Å². The normalized spacial score (nSPS) is 10.2. The number of halogens is 1. The molecule has 0 atom stereocenters. The minimum Gasteiger partial charge on any atom is -0.311 e. The highest BCUT2D eigenvalue weighted by atomic mass is 35.5. The van der Waals surface area contributed by atoms with Crippen LogP contribution in [0.1, 0.15) is 17.5 Å². The van der Waals surface area contributed by atoms with Crippen molar-refractivity contribution < 1.29 is 4.79 Å². The molecule has 0 fully saturated rings.